The molecule has 188 valence electrons. The van der Waals surface area contributed by atoms with Gasteiger partial charge in [-0.3, -0.25) is 15.1 Å². The Kier molecular flexibility index (Phi) is 9.01. The summed E-state index contributed by atoms with van der Waals surface area (Å²) < 4.78 is 31.6. The number of hydrogen-bond acceptors (Lipinski definition) is 8. The van der Waals surface area contributed by atoms with E-state index in [2.05, 4.69) is 20.1 Å². The number of esters is 1. The third kappa shape index (κ3) is 6.66. The minimum Gasteiger partial charge on any atom is -0.469 e. The maximum atomic E-state index is 12.7. The molecule has 3 rings (SSSR count). The van der Waals surface area contributed by atoms with E-state index in [1.165, 1.54) is 19.4 Å². The summed E-state index contributed by atoms with van der Waals surface area (Å²) in [6.45, 7) is 3.85. The largest absolute Gasteiger partial charge is 0.469 e. The van der Waals surface area contributed by atoms with Gasteiger partial charge in [-0.1, -0.05) is 24.9 Å². The number of halogens is 1. The molecule has 0 saturated heterocycles. The molecule has 2 atom stereocenters. The van der Waals surface area contributed by atoms with Crippen molar-refractivity contribution in [1.29, 1.82) is 0 Å². The first-order valence-corrected chi connectivity index (χ1v) is 13.2. The molecule has 0 amide bonds. The number of nitrogens with zero attached hydrogens (tertiary/aromatic N) is 3. The third-order valence-electron chi connectivity index (χ3n) is 5.65. The monoisotopic (exact) mass is 520 g/mol. The van der Waals surface area contributed by atoms with E-state index < -0.39 is 22.0 Å². The molecule has 2 unspecified atom stereocenters. The SMILES string of the molecule is CCCC(NC(O)c1cnn(-c2ccc(Cl)cc2)c1C)c1cncc(S(=O)(=O)CCC(=O)OC)c1. The molecule has 0 spiro atoms. The van der Waals surface area contributed by atoms with Gasteiger partial charge in [0.25, 0.3) is 0 Å². The van der Waals surface area contributed by atoms with Gasteiger partial charge in [0.1, 0.15) is 6.23 Å². The highest BCUT2D eigenvalue weighted by atomic mass is 35.5. The van der Waals surface area contributed by atoms with Gasteiger partial charge in [-0.15, -0.1) is 0 Å². The molecule has 35 heavy (non-hydrogen) atoms. The van der Waals surface area contributed by atoms with Gasteiger partial charge in [0.05, 0.1) is 36.1 Å². The molecule has 0 aliphatic carbocycles. The Morgan fingerprint density at radius 3 is 2.60 bits per heavy atom. The molecule has 3 aromatic rings. The number of aliphatic hydroxyl groups excluding tert-OH is 1. The number of nitrogens with one attached hydrogen (secondary N) is 1. The molecule has 0 saturated carbocycles. The predicted octanol–water partition coefficient (Wildman–Crippen LogP) is 3.69. The van der Waals surface area contributed by atoms with Crippen molar-refractivity contribution in [3.05, 3.63) is 70.8 Å². The van der Waals surface area contributed by atoms with Gasteiger partial charge in [0.15, 0.2) is 9.84 Å². The summed E-state index contributed by atoms with van der Waals surface area (Å²) in [5, 5.41) is 19.2. The van der Waals surface area contributed by atoms with E-state index in [0.717, 1.165) is 17.8 Å². The predicted molar refractivity (Wildman–Crippen MR) is 132 cm³/mol. The Labute approximate surface area is 210 Å². The Hall–Kier alpha value is -2.79. The van der Waals surface area contributed by atoms with Crippen molar-refractivity contribution in [2.24, 2.45) is 0 Å². The number of aromatic nitrogens is 3. The molecule has 1 aromatic carbocycles. The first-order valence-electron chi connectivity index (χ1n) is 11.1. The zero-order valence-electron chi connectivity index (χ0n) is 19.8. The highest BCUT2D eigenvalue weighted by Crippen LogP contribution is 2.26. The number of rotatable bonds is 11. The molecule has 0 radical (unpaired) electrons. The Balaban J connectivity index is 1.81. The Bertz CT molecular complexity index is 1260. The van der Waals surface area contributed by atoms with Crippen LogP contribution in [-0.4, -0.2) is 47.1 Å². The zero-order chi connectivity index (χ0) is 25.6. The van der Waals surface area contributed by atoms with Crippen molar-refractivity contribution in [1.82, 2.24) is 20.1 Å². The van der Waals surface area contributed by atoms with E-state index >= 15 is 0 Å². The second-order valence-electron chi connectivity index (χ2n) is 8.08. The number of hydrogen-bond donors (Lipinski definition) is 2. The fraction of sp³-hybridized carbons (Fsp3) is 0.375. The van der Waals surface area contributed by atoms with Gasteiger partial charge in [-0.2, -0.15) is 5.10 Å². The number of methoxy groups -OCH3 is 1. The van der Waals surface area contributed by atoms with Crippen LogP contribution in [-0.2, 0) is 19.4 Å². The quantitative estimate of drug-likeness (QED) is 0.290. The van der Waals surface area contributed by atoms with Crippen molar-refractivity contribution in [2.75, 3.05) is 12.9 Å². The normalized spacial score (nSPS) is 13.4. The van der Waals surface area contributed by atoms with Gasteiger partial charge in [0, 0.05) is 34.7 Å². The lowest BCUT2D eigenvalue weighted by Gasteiger charge is -2.23. The number of benzene rings is 1. The lowest BCUT2D eigenvalue weighted by Crippen LogP contribution is -2.27. The summed E-state index contributed by atoms with van der Waals surface area (Å²) in [6, 6.07) is 8.37. The minimum absolute atomic E-state index is 0.0167. The molecule has 11 heteroatoms. The molecule has 2 N–H and O–H groups in total. The summed E-state index contributed by atoms with van der Waals surface area (Å²) in [5.74, 6) is -0.969. The van der Waals surface area contributed by atoms with E-state index in [4.69, 9.17) is 11.6 Å². The number of carbonyl (C=O) groups is 1. The molecular formula is C24H29ClN4O5S. The van der Waals surface area contributed by atoms with Crippen molar-refractivity contribution in [3.63, 3.8) is 0 Å². The lowest BCUT2D eigenvalue weighted by atomic mass is 10.0. The number of aliphatic hydroxyl groups is 1. The van der Waals surface area contributed by atoms with Gasteiger partial charge >= 0.3 is 5.97 Å². The molecule has 0 fully saturated rings. The van der Waals surface area contributed by atoms with Gasteiger partial charge in [0.2, 0.25) is 0 Å². The number of pyridine rings is 1. The first kappa shape index (κ1) is 26.8. The van der Waals surface area contributed by atoms with Gasteiger partial charge in [-0.25, -0.2) is 13.1 Å². The summed E-state index contributed by atoms with van der Waals surface area (Å²) in [5.41, 5.74) is 2.77. The zero-order valence-corrected chi connectivity index (χ0v) is 21.4. The summed E-state index contributed by atoms with van der Waals surface area (Å²) >= 11 is 5.97. The van der Waals surface area contributed by atoms with Crippen molar-refractivity contribution < 1.29 is 23.1 Å². The van der Waals surface area contributed by atoms with Crippen molar-refractivity contribution in [3.8, 4) is 5.69 Å². The van der Waals surface area contributed by atoms with E-state index in [9.17, 15) is 18.3 Å². The highest BCUT2D eigenvalue weighted by Gasteiger charge is 2.23. The van der Waals surface area contributed by atoms with Gasteiger partial charge in [-0.05, 0) is 49.2 Å². The van der Waals surface area contributed by atoms with Crippen LogP contribution in [0.4, 0.5) is 0 Å². The van der Waals surface area contributed by atoms with Crippen LogP contribution in [0.2, 0.25) is 5.02 Å². The van der Waals surface area contributed by atoms with E-state index in [1.54, 1.807) is 29.2 Å². The van der Waals surface area contributed by atoms with Crippen LogP contribution < -0.4 is 5.32 Å². The first-order chi connectivity index (χ1) is 16.7. The lowest BCUT2D eigenvalue weighted by molar-refractivity contribution is -0.140. The molecule has 2 heterocycles. The average Bonchev–Trinajstić information content (AvgIpc) is 3.24. The van der Waals surface area contributed by atoms with Crippen LogP contribution in [0.15, 0.2) is 53.8 Å². The topological polar surface area (TPSA) is 123 Å². The number of ether oxygens (including phenoxy) is 1. The second-order valence-corrected chi connectivity index (χ2v) is 10.6. The second kappa shape index (κ2) is 11.8. The Morgan fingerprint density at radius 2 is 1.94 bits per heavy atom. The van der Waals surface area contributed by atoms with Crippen LogP contribution in [0.3, 0.4) is 0 Å². The smallest absolute Gasteiger partial charge is 0.306 e. The summed E-state index contributed by atoms with van der Waals surface area (Å²) in [6.07, 6.45) is 4.55. The standard InChI is InChI=1S/C24H29ClN4O5S/c1-4-5-22(17-12-20(14-26-13-17)35(32,33)11-10-23(30)34-3)28-24(31)21-15-27-29(16(21)2)19-8-6-18(25)7-9-19/h6-9,12-15,22,24,28,31H,4-5,10-11H2,1-3H3. The van der Waals surface area contributed by atoms with Crippen molar-refractivity contribution >= 4 is 27.4 Å². The molecular weight excluding hydrogens is 492 g/mol. The van der Waals surface area contributed by atoms with E-state index in [0.29, 0.717) is 22.6 Å². The van der Waals surface area contributed by atoms with E-state index in [-0.39, 0.29) is 23.1 Å². The molecule has 2 aromatic heterocycles. The summed E-state index contributed by atoms with van der Waals surface area (Å²) in [7, 11) is -2.52. The molecule has 0 aliphatic heterocycles. The molecule has 0 bridgehead atoms. The average molecular weight is 521 g/mol. The van der Waals surface area contributed by atoms with Crippen LogP contribution >= 0.6 is 11.6 Å². The van der Waals surface area contributed by atoms with Crippen LogP contribution in [0.25, 0.3) is 5.69 Å². The van der Waals surface area contributed by atoms with Crippen molar-refractivity contribution in [2.45, 2.75) is 50.3 Å². The van der Waals surface area contributed by atoms with Crippen LogP contribution in [0.1, 0.15) is 55.3 Å². The molecule has 9 nitrogen and oxygen atoms in total. The van der Waals surface area contributed by atoms with Crippen LogP contribution in [0.5, 0.6) is 0 Å². The van der Waals surface area contributed by atoms with E-state index in [1.807, 2.05) is 26.0 Å². The minimum atomic E-state index is -3.73. The molecule has 0 aliphatic rings. The number of sulfone groups is 1. The van der Waals surface area contributed by atoms with Gasteiger partial charge < -0.3 is 9.84 Å². The maximum absolute atomic E-state index is 12.7. The third-order valence-corrected chi connectivity index (χ3v) is 7.58. The van der Waals surface area contributed by atoms with Crippen LogP contribution in [0, 0.1) is 6.92 Å². The Morgan fingerprint density at radius 1 is 1.23 bits per heavy atom. The summed E-state index contributed by atoms with van der Waals surface area (Å²) in [4.78, 5) is 15.5. The fourth-order valence-corrected chi connectivity index (χ4v) is 5.02. The highest BCUT2D eigenvalue weighted by molar-refractivity contribution is 7.91. The fourth-order valence-electron chi connectivity index (χ4n) is 3.68. The maximum Gasteiger partial charge on any atom is 0.306 e. The number of carbonyl (C=O) groups excluding carboxylic acids is 1.